The molecule has 2 amide bonds. The molecular formula is C33H33ClIN3O4S. The zero-order valence-corrected chi connectivity index (χ0v) is 27.4. The van der Waals surface area contributed by atoms with Crippen LogP contribution in [0, 0.1) is 3.57 Å². The maximum atomic E-state index is 14.4. The third-order valence-electron chi connectivity index (χ3n) is 6.81. The van der Waals surface area contributed by atoms with Crippen molar-refractivity contribution in [1.82, 2.24) is 10.2 Å². The van der Waals surface area contributed by atoms with Gasteiger partial charge in [-0.05, 0) is 88.7 Å². The van der Waals surface area contributed by atoms with Gasteiger partial charge >= 0.3 is 0 Å². The summed E-state index contributed by atoms with van der Waals surface area (Å²) < 4.78 is 30.0. The molecular weight excluding hydrogens is 697 g/mol. The summed E-state index contributed by atoms with van der Waals surface area (Å²) in [4.78, 5) is 29.6. The highest BCUT2D eigenvalue weighted by Crippen LogP contribution is 2.26. The van der Waals surface area contributed by atoms with E-state index in [0.29, 0.717) is 17.3 Å². The minimum atomic E-state index is -4.13. The average Bonchev–Trinajstić information content (AvgIpc) is 3.02. The number of nitrogens with one attached hydrogen (secondary N) is 1. The molecule has 0 spiro atoms. The second-order valence-corrected chi connectivity index (χ2v) is 13.5. The average molecular weight is 730 g/mol. The summed E-state index contributed by atoms with van der Waals surface area (Å²) in [5, 5.41) is 3.49. The van der Waals surface area contributed by atoms with E-state index in [1.807, 2.05) is 37.3 Å². The van der Waals surface area contributed by atoms with Crippen LogP contribution in [0.4, 0.5) is 5.69 Å². The van der Waals surface area contributed by atoms with Gasteiger partial charge in [0.15, 0.2) is 0 Å². The molecule has 1 atom stereocenters. The fraction of sp³-hybridized carbons (Fsp3) is 0.212. The smallest absolute Gasteiger partial charge is 0.264 e. The van der Waals surface area contributed by atoms with E-state index in [9.17, 15) is 18.0 Å². The quantitative estimate of drug-likeness (QED) is 0.164. The molecule has 0 saturated heterocycles. The number of nitrogens with zero attached hydrogens (tertiary/aromatic N) is 2. The molecule has 0 aliphatic heterocycles. The number of carbonyl (C=O) groups is 2. The molecule has 0 radical (unpaired) electrons. The van der Waals surface area contributed by atoms with Gasteiger partial charge < -0.3 is 10.2 Å². The molecule has 10 heteroatoms. The van der Waals surface area contributed by atoms with E-state index in [1.165, 1.54) is 17.0 Å². The highest BCUT2D eigenvalue weighted by atomic mass is 127. The highest BCUT2D eigenvalue weighted by Gasteiger charge is 2.34. The molecule has 4 rings (SSSR count). The molecule has 0 aliphatic carbocycles. The Hall–Kier alpha value is -3.41. The number of hydrogen-bond acceptors (Lipinski definition) is 4. The molecule has 43 heavy (non-hydrogen) atoms. The number of carbonyl (C=O) groups excluding carboxylic acids is 2. The summed E-state index contributed by atoms with van der Waals surface area (Å²) in [6.07, 6.45) is 0.982. The van der Waals surface area contributed by atoms with Gasteiger partial charge in [0.05, 0.1) is 10.6 Å². The first-order valence-corrected chi connectivity index (χ1v) is 16.8. The Balaban J connectivity index is 1.78. The van der Waals surface area contributed by atoms with Gasteiger partial charge in [-0.1, -0.05) is 79.2 Å². The van der Waals surface area contributed by atoms with Crippen LogP contribution in [0.2, 0.25) is 5.02 Å². The van der Waals surface area contributed by atoms with Crippen molar-refractivity contribution in [2.45, 2.75) is 37.2 Å². The van der Waals surface area contributed by atoms with Crippen LogP contribution < -0.4 is 9.62 Å². The number of sulfonamides is 1. The standard InChI is InChI=1S/C33H33ClIN3O4S/c1-2-21-36-33(40)31(22-25-9-5-3-6-10-25)37(23-26-13-15-27(34)16-14-26)32(39)24-38(29-19-17-28(35)18-20-29)43(41,42)30-11-7-4-8-12-30/h3-20,31H,2,21-24H2,1H3,(H,36,40). The molecule has 4 aromatic rings. The van der Waals surface area contributed by atoms with Crippen LogP contribution in [-0.2, 0) is 32.6 Å². The minimum absolute atomic E-state index is 0.0622. The van der Waals surface area contributed by atoms with E-state index in [-0.39, 0.29) is 23.8 Å². The van der Waals surface area contributed by atoms with E-state index < -0.39 is 28.5 Å². The third-order valence-corrected chi connectivity index (χ3v) is 9.57. The number of rotatable bonds is 13. The molecule has 7 nitrogen and oxygen atoms in total. The monoisotopic (exact) mass is 729 g/mol. The molecule has 224 valence electrons. The first-order valence-electron chi connectivity index (χ1n) is 13.9. The van der Waals surface area contributed by atoms with E-state index in [1.54, 1.807) is 66.7 Å². The van der Waals surface area contributed by atoms with E-state index in [2.05, 4.69) is 27.9 Å². The predicted octanol–water partition coefficient (Wildman–Crippen LogP) is 6.31. The van der Waals surface area contributed by atoms with Crippen molar-refractivity contribution in [3.63, 3.8) is 0 Å². The van der Waals surface area contributed by atoms with Crippen LogP contribution in [0.1, 0.15) is 24.5 Å². The van der Waals surface area contributed by atoms with Crippen LogP contribution in [0.25, 0.3) is 0 Å². The Kier molecular flexibility index (Phi) is 11.6. The van der Waals surface area contributed by atoms with Crippen molar-refractivity contribution in [2.75, 3.05) is 17.4 Å². The topological polar surface area (TPSA) is 86.8 Å². The summed E-state index contributed by atoms with van der Waals surface area (Å²) in [7, 11) is -4.13. The Morgan fingerprint density at radius 1 is 0.837 bits per heavy atom. The van der Waals surface area contributed by atoms with Crippen LogP contribution in [-0.4, -0.2) is 44.3 Å². The number of halogens is 2. The van der Waals surface area contributed by atoms with Gasteiger partial charge in [0.2, 0.25) is 11.8 Å². The Morgan fingerprint density at radius 3 is 2.05 bits per heavy atom. The maximum absolute atomic E-state index is 14.4. The van der Waals surface area contributed by atoms with Gasteiger partial charge in [-0.2, -0.15) is 0 Å². The van der Waals surface area contributed by atoms with Gasteiger partial charge in [-0.3, -0.25) is 13.9 Å². The minimum Gasteiger partial charge on any atom is -0.354 e. The molecule has 0 saturated carbocycles. The predicted molar refractivity (Wildman–Crippen MR) is 179 cm³/mol. The lowest BCUT2D eigenvalue weighted by Crippen LogP contribution is -2.53. The van der Waals surface area contributed by atoms with E-state index >= 15 is 0 Å². The zero-order chi connectivity index (χ0) is 30.8. The normalized spacial score (nSPS) is 11.9. The van der Waals surface area contributed by atoms with Crippen molar-refractivity contribution in [1.29, 1.82) is 0 Å². The zero-order valence-electron chi connectivity index (χ0n) is 23.7. The van der Waals surface area contributed by atoms with Crippen molar-refractivity contribution < 1.29 is 18.0 Å². The second-order valence-electron chi connectivity index (χ2n) is 9.95. The lowest BCUT2D eigenvalue weighted by atomic mass is 10.0. The SMILES string of the molecule is CCCNC(=O)C(Cc1ccccc1)N(Cc1ccc(Cl)cc1)C(=O)CN(c1ccc(I)cc1)S(=O)(=O)c1ccccc1. The molecule has 1 N–H and O–H groups in total. The van der Waals surface area contributed by atoms with Gasteiger partial charge in [-0.15, -0.1) is 0 Å². The van der Waals surface area contributed by atoms with Gasteiger partial charge in [0.1, 0.15) is 12.6 Å². The van der Waals surface area contributed by atoms with Crippen LogP contribution in [0.5, 0.6) is 0 Å². The summed E-state index contributed by atoms with van der Waals surface area (Å²) >= 11 is 8.27. The molecule has 0 heterocycles. The highest BCUT2D eigenvalue weighted by molar-refractivity contribution is 14.1. The summed E-state index contributed by atoms with van der Waals surface area (Å²) in [5.74, 6) is -0.819. The largest absolute Gasteiger partial charge is 0.354 e. The molecule has 4 aromatic carbocycles. The molecule has 0 aliphatic rings. The summed E-state index contributed by atoms with van der Waals surface area (Å²) in [6, 6.07) is 30.5. The van der Waals surface area contributed by atoms with Gasteiger partial charge in [-0.25, -0.2) is 8.42 Å². The molecule has 0 aromatic heterocycles. The Morgan fingerprint density at radius 2 is 1.44 bits per heavy atom. The Labute approximate surface area is 272 Å². The number of amides is 2. The fourth-order valence-corrected chi connectivity index (χ4v) is 6.48. The third kappa shape index (κ3) is 8.81. The summed E-state index contributed by atoms with van der Waals surface area (Å²) in [5.41, 5.74) is 1.98. The van der Waals surface area contributed by atoms with Crippen molar-refractivity contribution in [3.05, 3.63) is 129 Å². The van der Waals surface area contributed by atoms with Crippen LogP contribution in [0.15, 0.2) is 114 Å². The van der Waals surface area contributed by atoms with Gasteiger partial charge in [0.25, 0.3) is 10.0 Å². The lowest BCUT2D eigenvalue weighted by Gasteiger charge is -2.34. The number of anilines is 1. The van der Waals surface area contributed by atoms with Crippen molar-refractivity contribution in [2.24, 2.45) is 0 Å². The maximum Gasteiger partial charge on any atom is 0.264 e. The Bertz CT molecular complexity index is 1600. The molecule has 0 bridgehead atoms. The van der Waals surface area contributed by atoms with Crippen molar-refractivity contribution >= 4 is 61.7 Å². The van der Waals surface area contributed by atoms with E-state index in [0.717, 1.165) is 25.4 Å². The molecule has 1 unspecified atom stereocenters. The molecule has 0 fully saturated rings. The fourth-order valence-electron chi connectivity index (χ4n) is 4.56. The number of benzene rings is 4. The van der Waals surface area contributed by atoms with E-state index in [4.69, 9.17) is 11.6 Å². The first-order chi connectivity index (χ1) is 20.7. The van der Waals surface area contributed by atoms with Crippen LogP contribution in [0.3, 0.4) is 0 Å². The number of hydrogen-bond donors (Lipinski definition) is 1. The second kappa shape index (κ2) is 15.4. The van der Waals surface area contributed by atoms with Crippen LogP contribution >= 0.6 is 34.2 Å². The summed E-state index contributed by atoms with van der Waals surface area (Å²) in [6.45, 7) is 1.98. The lowest BCUT2D eigenvalue weighted by molar-refractivity contribution is -0.140. The first kappa shape index (κ1) is 32.5. The van der Waals surface area contributed by atoms with Crippen molar-refractivity contribution in [3.8, 4) is 0 Å². The van der Waals surface area contributed by atoms with Gasteiger partial charge in [0, 0.05) is 28.1 Å².